The van der Waals surface area contributed by atoms with Crippen molar-refractivity contribution in [3.8, 4) is 0 Å². The van der Waals surface area contributed by atoms with Crippen LogP contribution >= 0.6 is 0 Å². The molecular weight excluding hydrogens is 861 g/mol. The summed E-state index contributed by atoms with van der Waals surface area (Å²) in [7, 11) is -5.07. The Labute approximate surface area is 400 Å². The molecule has 0 aromatic rings. The maximum absolute atomic E-state index is 12.9. The number of rotatable bonds is 43. The van der Waals surface area contributed by atoms with Crippen LogP contribution in [0.3, 0.4) is 0 Å². The fourth-order valence-electron chi connectivity index (χ4n) is 7.27. The highest BCUT2D eigenvalue weighted by Crippen LogP contribution is 2.26. The van der Waals surface area contributed by atoms with Gasteiger partial charge in [0.05, 0.1) is 19.8 Å². The first-order valence-corrected chi connectivity index (χ1v) is 26.7. The lowest BCUT2D eigenvalue weighted by Gasteiger charge is -2.41. The molecule has 1 heterocycles. The molecule has 1 aliphatic heterocycles. The van der Waals surface area contributed by atoms with Gasteiger partial charge in [-0.15, -0.1) is 0 Å². The Kier molecular flexibility index (Phi) is 40.4. The average Bonchev–Trinajstić information content (AvgIpc) is 3.29. The quantitative estimate of drug-likeness (QED) is 0.0197. The van der Waals surface area contributed by atoms with Crippen molar-refractivity contribution in [2.45, 2.75) is 218 Å². The topological polar surface area (TPSA) is 178 Å². The van der Waals surface area contributed by atoms with E-state index in [0.717, 1.165) is 96.3 Å². The molecule has 380 valence electrons. The SMILES string of the molecule is CC/C=C\C/C=C\C/C=C\C/C=C\CCCCCCCCCCC(=O)OC(COCCCCCCCCCC/C=C\C/C=C\C/C=C\CC)COC1OC(CO)C(O)C(OS(=O)(=O)O)C1O. The molecule has 0 aromatic heterocycles. The molecule has 0 bridgehead atoms. The van der Waals surface area contributed by atoms with Crippen LogP contribution in [-0.2, 0) is 38.3 Å². The highest BCUT2D eigenvalue weighted by molar-refractivity contribution is 7.80. The van der Waals surface area contributed by atoms with E-state index in [1.54, 1.807) is 0 Å². The predicted octanol–water partition coefficient (Wildman–Crippen LogP) is 11.6. The molecule has 4 N–H and O–H groups in total. The fraction of sp³-hybridized carbons (Fsp3) is 0.717. The molecule has 0 saturated carbocycles. The van der Waals surface area contributed by atoms with Gasteiger partial charge in [0.15, 0.2) is 6.29 Å². The largest absolute Gasteiger partial charge is 0.457 e. The number of hydrogen-bond donors (Lipinski definition) is 4. The van der Waals surface area contributed by atoms with E-state index in [1.807, 2.05) is 0 Å². The monoisotopic (exact) mass is 951 g/mol. The Morgan fingerprint density at radius 2 is 1.00 bits per heavy atom. The number of esters is 1. The molecule has 13 heteroatoms. The standard InChI is InChI=1S/C53H90O12S/c1-3-5-7-9-11-13-15-17-19-21-23-24-25-26-28-30-32-34-36-38-40-42-49(55)63-47(46-62-53-51(57)52(65-66(58,59)60)50(56)48(44-54)64-53)45-61-43-41-39-37-35-33-31-29-27-22-20-18-16-14-12-10-8-6-4-2/h5-8,11-14,17-20,23-24,47-48,50-54,56-57H,3-4,9-10,15-16,21-22,25-46H2,1-2H3,(H,58,59,60)/b7-5-,8-6-,13-11-,14-12-,19-17-,20-18-,24-23-. The summed E-state index contributed by atoms with van der Waals surface area (Å²) in [6, 6.07) is 0. The molecule has 0 radical (unpaired) electrons. The first-order valence-electron chi connectivity index (χ1n) is 25.3. The van der Waals surface area contributed by atoms with Crippen molar-refractivity contribution in [3.05, 3.63) is 85.1 Å². The van der Waals surface area contributed by atoms with Gasteiger partial charge in [-0.25, -0.2) is 4.18 Å². The summed E-state index contributed by atoms with van der Waals surface area (Å²) in [4.78, 5) is 12.9. The van der Waals surface area contributed by atoms with Gasteiger partial charge in [0.25, 0.3) is 0 Å². The summed E-state index contributed by atoms with van der Waals surface area (Å²) < 4.78 is 59.2. The average molecular weight is 951 g/mol. The number of carbonyl (C=O) groups is 1. The van der Waals surface area contributed by atoms with Crippen molar-refractivity contribution < 1.29 is 56.2 Å². The van der Waals surface area contributed by atoms with Crippen LogP contribution in [0.5, 0.6) is 0 Å². The van der Waals surface area contributed by atoms with E-state index in [0.29, 0.717) is 13.0 Å². The van der Waals surface area contributed by atoms with E-state index in [2.05, 4.69) is 103 Å². The summed E-state index contributed by atoms with van der Waals surface area (Å²) in [6.07, 6.45) is 48.9. The minimum absolute atomic E-state index is 0.0227. The zero-order chi connectivity index (χ0) is 48.2. The highest BCUT2D eigenvalue weighted by atomic mass is 32.3. The van der Waals surface area contributed by atoms with Crippen molar-refractivity contribution in [3.63, 3.8) is 0 Å². The number of allylic oxidation sites excluding steroid dienone is 14. The first-order chi connectivity index (χ1) is 32.1. The Hall–Kier alpha value is -2.72. The molecule has 12 nitrogen and oxygen atoms in total. The van der Waals surface area contributed by atoms with E-state index in [9.17, 15) is 33.1 Å². The Morgan fingerprint density at radius 1 is 0.576 bits per heavy atom. The number of unbranched alkanes of at least 4 members (excludes halogenated alkanes) is 16. The van der Waals surface area contributed by atoms with Crippen molar-refractivity contribution in [2.75, 3.05) is 26.4 Å². The van der Waals surface area contributed by atoms with E-state index in [-0.39, 0.29) is 19.6 Å². The van der Waals surface area contributed by atoms with Gasteiger partial charge in [-0.2, -0.15) is 8.42 Å². The van der Waals surface area contributed by atoms with Crippen LogP contribution in [0.1, 0.15) is 181 Å². The summed E-state index contributed by atoms with van der Waals surface area (Å²) in [5.74, 6) is -0.413. The second-order valence-corrected chi connectivity index (χ2v) is 18.0. The third kappa shape index (κ3) is 36.3. The smallest absolute Gasteiger partial charge is 0.397 e. The van der Waals surface area contributed by atoms with Crippen LogP contribution in [0.4, 0.5) is 0 Å². The van der Waals surface area contributed by atoms with Gasteiger partial charge in [0.1, 0.15) is 30.5 Å². The highest BCUT2D eigenvalue weighted by Gasteiger charge is 2.48. The van der Waals surface area contributed by atoms with Crippen molar-refractivity contribution >= 4 is 16.4 Å². The van der Waals surface area contributed by atoms with Gasteiger partial charge in [-0.3, -0.25) is 9.35 Å². The van der Waals surface area contributed by atoms with Crippen molar-refractivity contribution in [1.29, 1.82) is 0 Å². The van der Waals surface area contributed by atoms with Gasteiger partial charge in [-0.1, -0.05) is 176 Å². The normalized spacial score (nSPS) is 20.2. The van der Waals surface area contributed by atoms with Crippen LogP contribution in [0.15, 0.2) is 85.1 Å². The Bertz CT molecular complexity index is 1470. The zero-order valence-electron chi connectivity index (χ0n) is 40.7. The maximum Gasteiger partial charge on any atom is 0.397 e. The molecule has 0 aromatic carbocycles. The minimum Gasteiger partial charge on any atom is -0.457 e. The van der Waals surface area contributed by atoms with Crippen LogP contribution in [-0.4, -0.2) is 97.5 Å². The van der Waals surface area contributed by atoms with Crippen LogP contribution in [0.25, 0.3) is 0 Å². The zero-order valence-corrected chi connectivity index (χ0v) is 41.5. The molecule has 1 aliphatic rings. The molecule has 1 fully saturated rings. The number of aliphatic hydroxyl groups is 3. The maximum atomic E-state index is 12.9. The lowest BCUT2D eigenvalue weighted by molar-refractivity contribution is -0.301. The van der Waals surface area contributed by atoms with E-state index in [4.69, 9.17) is 18.9 Å². The van der Waals surface area contributed by atoms with Gasteiger partial charge >= 0.3 is 16.4 Å². The molecule has 0 amide bonds. The van der Waals surface area contributed by atoms with E-state index in [1.165, 1.54) is 57.8 Å². The first kappa shape index (κ1) is 61.3. The molecule has 0 spiro atoms. The van der Waals surface area contributed by atoms with E-state index >= 15 is 0 Å². The Morgan fingerprint density at radius 3 is 1.45 bits per heavy atom. The Balaban J connectivity index is 2.38. The lowest BCUT2D eigenvalue weighted by atomic mass is 9.99. The summed E-state index contributed by atoms with van der Waals surface area (Å²) in [5, 5.41) is 30.8. The van der Waals surface area contributed by atoms with Gasteiger partial charge in [0, 0.05) is 13.0 Å². The molecule has 6 atom stereocenters. The predicted molar refractivity (Wildman–Crippen MR) is 266 cm³/mol. The second-order valence-electron chi connectivity index (χ2n) is 17.0. The number of ether oxygens (including phenoxy) is 4. The number of aliphatic hydroxyl groups excluding tert-OH is 3. The minimum atomic E-state index is -5.07. The van der Waals surface area contributed by atoms with E-state index < -0.39 is 59.8 Å². The molecule has 6 unspecified atom stereocenters. The van der Waals surface area contributed by atoms with Crippen LogP contribution in [0.2, 0.25) is 0 Å². The molecule has 0 aliphatic carbocycles. The van der Waals surface area contributed by atoms with Crippen molar-refractivity contribution in [1.82, 2.24) is 0 Å². The van der Waals surface area contributed by atoms with Crippen molar-refractivity contribution in [2.24, 2.45) is 0 Å². The summed E-state index contributed by atoms with van der Waals surface area (Å²) in [6.45, 7) is 3.74. The fourth-order valence-corrected chi connectivity index (χ4v) is 7.77. The number of hydrogen-bond acceptors (Lipinski definition) is 11. The molecular formula is C53H90O12S. The van der Waals surface area contributed by atoms with Gasteiger partial charge in [-0.05, 0) is 83.5 Å². The summed E-state index contributed by atoms with van der Waals surface area (Å²) >= 11 is 0. The van der Waals surface area contributed by atoms with Gasteiger partial charge < -0.3 is 34.3 Å². The second kappa shape index (κ2) is 43.6. The molecule has 1 saturated heterocycles. The molecule has 1 rings (SSSR count). The third-order valence-electron chi connectivity index (χ3n) is 11.0. The van der Waals surface area contributed by atoms with Crippen LogP contribution in [0, 0.1) is 0 Å². The number of carbonyl (C=O) groups excluding carboxylic acids is 1. The van der Waals surface area contributed by atoms with Gasteiger partial charge in [0.2, 0.25) is 0 Å². The van der Waals surface area contributed by atoms with Crippen LogP contribution < -0.4 is 0 Å². The summed E-state index contributed by atoms with van der Waals surface area (Å²) in [5.41, 5.74) is 0. The third-order valence-corrected chi connectivity index (χ3v) is 11.5. The lowest BCUT2D eigenvalue weighted by Crippen LogP contribution is -2.60. The molecule has 66 heavy (non-hydrogen) atoms.